The van der Waals surface area contributed by atoms with Crippen molar-refractivity contribution in [3.8, 4) is 0 Å². The Bertz CT molecular complexity index is 869. The summed E-state index contributed by atoms with van der Waals surface area (Å²) in [5.74, 6) is -4.31. The van der Waals surface area contributed by atoms with E-state index in [1.807, 2.05) is 0 Å². The molecule has 2 aromatic rings. The molecule has 0 atom stereocenters. The summed E-state index contributed by atoms with van der Waals surface area (Å²) < 4.78 is 84.7. The monoisotopic (exact) mass is 411 g/mol. The van der Waals surface area contributed by atoms with Gasteiger partial charge in [-0.3, -0.25) is 4.79 Å². The van der Waals surface area contributed by atoms with E-state index in [4.69, 9.17) is 4.74 Å². The van der Waals surface area contributed by atoms with Gasteiger partial charge < -0.3 is 14.0 Å². The topological polar surface area (TPSA) is 57.5 Å². The fraction of sp³-hybridized carbons (Fsp3) is 0.412. The largest absolute Gasteiger partial charge is 0.490 e. The lowest BCUT2D eigenvalue weighted by Gasteiger charge is -2.09. The van der Waals surface area contributed by atoms with Gasteiger partial charge in [0.2, 0.25) is 0 Å². The number of hydrogen-bond donors (Lipinski definition) is 0. The Morgan fingerprint density at radius 1 is 1.00 bits per heavy atom. The molecule has 154 valence electrons. The third kappa shape index (κ3) is 5.03. The third-order valence-corrected chi connectivity index (χ3v) is 3.77. The van der Waals surface area contributed by atoms with Gasteiger partial charge in [-0.15, -0.1) is 0 Å². The highest BCUT2D eigenvalue weighted by atomic mass is 19.4. The summed E-state index contributed by atoms with van der Waals surface area (Å²) in [6, 6.07) is 4.59. The first-order chi connectivity index (χ1) is 12.9. The number of carbonyl (C=O) groups excluding carboxylic acids is 2. The van der Waals surface area contributed by atoms with Gasteiger partial charge in [-0.2, -0.15) is 26.3 Å². The number of hydrogen-bond acceptors (Lipinski definition) is 4. The van der Waals surface area contributed by atoms with Crippen LogP contribution in [0, 0.1) is 6.92 Å². The Hall–Kier alpha value is -2.56. The molecular weight excluding hydrogens is 396 g/mol. The zero-order chi connectivity index (χ0) is 21.1. The fourth-order valence-electron chi connectivity index (χ4n) is 2.60. The summed E-state index contributed by atoms with van der Waals surface area (Å²) in [6.07, 6.45) is -9.05. The number of benzene rings is 1. The van der Waals surface area contributed by atoms with E-state index >= 15 is 0 Å². The Kier molecular flexibility index (Phi) is 6.37. The molecular formula is C17H15F6NO4. The van der Waals surface area contributed by atoms with Crippen molar-refractivity contribution < 1.29 is 45.4 Å². The van der Waals surface area contributed by atoms with E-state index in [-0.39, 0.29) is 25.1 Å². The minimum Gasteiger partial charge on any atom is -0.457 e. The summed E-state index contributed by atoms with van der Waals surface area (Å²) in [4.78, 5) is 22.2. The van der Waals surface area contributed by atoms with Gasteiger partial charge in [-0.05, 0) is 12.5 Å². The Labute approximate surface area is 154 Å². The lowest BCUT2D eigenvalue weighted by atomic mass is 10.1. The average molecular weight is 411 g/mol. The summed E-state index contributed by atoms with van der Waals surface area (Å²) in [5, 5.41) is 0.140. The average Bonchev–Trinajstić information content (AvgIpc) is 2.95. The number of carbonyl (C=O) groups is 2. The fourth-order valence-corrected chi connectivity index (χ4v) is 2.60. The van der Waals surface area contributed by atoms with Gasteiger partial charge in [0.15, 0.2) is 0 Å². The molecule has 0 spiro atoms. The number of rotatable bonds is 7. The predicted molar refractivity (Wildman–Crippen MR) is 84.9 cm³/mol. The van der Waals surface area contributed by atoms with Crippen molar-refractivity contribution in [1.29, 1.82) is 0 Å². The molecule has 0 N–H and O–H groups in total. The second kappa shape index (κ2) is 8.21. The van der Waals surface area contributed by atoms with E-state index in [2.05, 4.69) is 4.74 Å². The molecule has 0 saturated carbocycles. The van der Waals surface area contributed by atoms with Gasteiger partial charge >= 0.3 is 18.3 Å². The number of aromatic nitrogens is 1. The van der Waals surface area contributed by atoms with E-state index in [1.54, 1.807) is 13.0 Å². The SMILES string of the molecule is Cc1cccc2c(C(=O)C(F)(F)F)cn(CCOCCOC(=O)C(F)(F)F)c12. The number of Topliss-reactive ketones (excluding diaryl/α,β-unsaturated/α-hetero) is 1. The van der Waals surface area contributed by atoms with Crippen molar-refractivity contribution in [2.24, 2.45) is 0 Å². The predicted octanol–water partition coefficient (Wildman–Crippen LogP) is 3.82. The molecule has 0 radical (unpaired) electrons. The number of ketones is 1. The minimum absolute atomic E-state index is 0.0414. The number of para-hydroxylation sites is 1. The van der Waals surface area contributed by atoms with Crippen molar-refractivity contribution in [1.82, 2.24) is 4.57 Å². The molecule has 0 aliphatic heterocycles. The standard InChI is InChI=1S/C17H15F6NO4/c1-10-3-2-4-11-12(14(25)16(18,19)20)9-24(13(10)11)5-6-27-7-8-28-15(26)17(21,22)23/h2-4,9H,5-8H2,1H3. The van der Waals surface area contributed by atoms with Crippen LogP contribution in [0.2, 0.25) is 0 Å². The molecule has 1 aromatic heterocycles. The molecule has 28 heavy (non-hydrogen) atoms. The lowest BCUT2D eigenvalue weighted by molar-refractivity contribution is -0.200. The van der Waals surface area contributed by atoms with Gasteiger partial charge in [0.05, 0.1) is 24.3 Å². The van der Waals surface area contributed by atoms with E-state index in [9.17, 15) is 35.9 Å². The second-order valence-electron chi connectivity index (χ2n) is 5.78. The van der Waals surface area contributed by atoms with Crippen molar-refractivity contribution in [2.75, 3.05) is 19.8 Å². The highest BCUT2D eigenvalue weighted by Crippen LogP contribution is 2.30. The van der Waals surface area contributed by atoms with Crippen LogP contribution in [-0.2, 0) is 20.8 Å². The maximum atomic E-state index is 12.8. The summed E-state index contributed by atoms with van der Waals surface area (Å²) in [7, 11) is 0. The van der Waals surface area contributed by atoms with Crippen LogP contribution in [0.15, 0.2) is 24.4 Å². The van der Waals surface area contributed by atoms with Gasteiger partial charge in [-0.1, -0.05) is 18.2 Å². The van der Waals surface area contributed by atoms with E-state index in [1.165, 1.54) is 16.7 Å². The number of fused-ring (bicyclic) bond motifs is 1. The molecule has 5 nitrogen and oxygen atoms in total. The van der Waals surface area contributed by atoms with Crippen LogP contribution in [0.25, 0.3) is 10.9 Å². The first-order valence-corrected chi connectivity index (χ1v) is 7.94. The van der Waals surface area contributed by atoms with Gasteiger partial charge in [0.25, 0.3) is 5.78 Å². The van der Waals surface area contributed by atoms with E-state index in [0.717, 1.165) is 6.20 Å². The Morgan fingerprint density at radius 3 is 2.29 bits per heavy atom. The normalized spacial score (nSPS) is 12.4. The molecule has 11 heteroatoms. The van der Waals surface area contributed by atoms with Crippen LogP contribution >= 0.6 is 0 Å². The lowest BCUT2D eigenvalue weighted by Crippen LogP contribution is -2.26. The third-order valence-electron chi connectivity index (χ3n) is 3.77. The van der Waals surface area contributed by atoms with Crippen LogP contribution in [-0.4, -0.2) is 48.5 Å². The highest BCUT2D eigenvalue weighted by molar-refractivity contribution is 6.11. The molecule has 0 aliphatic carbocycles. The first-order valence-electron chi connectivity index (χ1n) is 7.94. The minimum atomic E-state index is -5.09. The molecule has 0 amide bonds. The summed E-state index contributed by atoms with van der Waals surface area (Å²) in [6.45, 7) is 0.676. The number of esters is 1. The molecule has 0 unspecified atom stereocenters. The first kappa shape index (κ1) is 21.7. The second-order valence-corrected chi connectivity index (χ2v) is 5.78. The van der Waals surface area contributed by atoms with Crippen LogP contribution in [0.3, 0.4) is 0 Å². The number of ether oxygens (including phenoxy) is 2. The molecule has 0 saturated heterocycles. The van der Waals surface area contributed by atoms with Gasteiger partial charge in [0.1, 0.15) is 6.61 Å². The molecule has 0 bridgehead atoms. The smallest absolute Gasteiger partial charge is 0.457 e. The van der Waals surface area contributed by atoms with E-state index in [0.29, 0.717) is 11.1 Å². The van der Waals surface area contributed by atoms with Crippen molar-refractivity contribution in [2.45, 2.75) is 25.8 Å². The van der Waals surface area contributed by atoms with Crippen LogP contribution in [0.4, 0.5) is 26.3 Å². The molecule has 0 aliphatic rings. The quantitative estimate of drug-likeness (QED) is 0.301. The molecule has 0 fully saturated rings. The van der Waals surface area contributed by atoms with Crippen LogP contribution in [0.5, 0.6) is 0 Å². The highest BCUT2D eigenvalue weighted by Gasteiger charge is 2.41. The Morgan fingerprint density at radius 2 is 1.68 bits per heavy atom. The number of halogens is 6. The Balaban J connectivity index is 2.03. The number of alkyl halides is 6. The van der Waals surface area contributed by atoms with Crippen LogP contribution in [0.1, 0.15) is 15.9 Å². The number of nitrogens with zero attached hydrogens (tertiary/aromatic N) is 1. The summed E-state index contributed by atoms with van der Waals surface area (Å²) in [5.41, 5.74) is 0.560. The zero-order valence-corrected chi connectivity index (χ0v) is 14.5. The van der Waals surface area contributed by atoms with Gasteiger partial charge in [-0.25, -0.2) is 4.79 Å². The van der Waals surface area contributed by atoms with Crippen molar-refractivity contribution in [3.63, 3.8) is 0 Å². The van der Waals surface area contributed by atoms with Crippen molar-refractivity contribution >= 4 is 22.7 Å². The molecule has 1 aromatic carbocycles. The zero-order valence-electron chi connectivity index (χ0n) is 14.5. The maximum Gasteiger partial charge on any atom is 0.490 e. The summed E-state index contributed by atoms with van der Waals surface area (Å²) >= 11 is 0. The molecule has 2 rings (SSSR count). The number of aryl methyl sites for hydroxylation is 1. The molecule has 1 heterocycles. The van der Waals surface area contributed by atoms with Crippen LogP contribution < -0.4 is 0 Å². The maximum absolute atomic E-state index is 12.8. The van der Waals surface area contributed by atoms with Crippen molar-refractivity contribution in [3.05, 3.63) is 35.5 Å². The van der Waals surface area contributed by atoms with E-state index < -0.39 is 36.3 Å². The van der Waals surface area contributed by atoms with Gasteiger partial charge in [0, 0.05) is 18.1 Å².